The molecule has 12 aromatic carbocycles. The van der Waals surface area contributed by atoms with Crippen molar-refractivity contribution in [3.8, 4) is 66.8 Å². The van der Waals surface area contributed by atoms with E-state index < -0.39 is 5.41 Å². The zero-order valence-corrected chi connectivity index (χ0v) is 43.1. The van der Waals surface area contributed by atoms with Crippen molar-refractivity contribution < 1.29 is 0 Å². The van der Waals surface area contributed by atoms with Gasteiger partial charge in [0.15, 0.2) is 0 Å². The predicted octanol–water partition coefficient (Wildman–Crippen LogP) is 20.3. The van der Waals surface area contributed by atoms with Gasteiger partial charge in [-0.15, -0.1) is 0 Å². The van der Waals surface area contributed by atoms with Crippen molar-refractivity contribution in [3.05, 3.63) is 325 Å². The van der Waals surface area contributed by atoms with Gasteiger partial charge in [0.25, 0.3) is 0 Å². The first-order chi connectivity index (χ1) is 38.0. The highest BCUT2D eigenvalue weighted by molar-refractivity contribution is 6.01. The number of rotatable bonds is 10. The molecule has 2 aliphatic rings. The minimum atomic E-state index is -0.455. The summed E-state index contributed by atoms with van der Waals surface area (Å²) in [4.78, 5) is 4.88. The molecule has 0 bridgehead atoms. The Hall–Kier alpha value is -9.76. The highest BCUT2D eigenvalue weighted by atomic mass is 15.1. The molecule has 2 aliphatic carbocycles. The lowest BCUT2D eigenvalue weighted by atomic mass is 9.70. The van der Waals surface area contributed by atoms with Crippen LogP contribution >= 0.6 is 0 Å². The van der Waals surface area contributed by atoms with Crippen molar-refractivity contribution in [3.63, 3.8) is 0 Å². The van der Waals surface area contributed by atoms with Gasteiger partial charge in [-0.2, -0.15) is 0 Å². The molecule has 0 unspecified atom stereocenters. The topological polar surface area (TPSA) is 6.48 Å². The van der Waals surface area contributed by atoms with Gasteiger partial charge >= 0.3 is 0 Å². The monoisotopic (exact) mass is 982 g/mol. The summed E-state index contributed by atoms with van der Waals surface area (Å²) in [7, 11) is 0. The summed E-state index contributed by atoms with van der Waals surface area (Å²) in [6.07, 6.45) is 0. The third-order valence-corrected chi connectivity index (χ3v) is 16.1. The van der Waals surface area contributed by atoms with E-state index >= 15 is 0 Å². The van der Waals surface area contributed by atoms with Crippen LogP contribution in [-0.4, -0.2) is 0 Å². The summed E-state index contributed by atoms with van der Waals surface area (Å²) in [6.45, 7) is 4.52. The molecule has 364 valence electrons. The molecule has 0 radical (unpaired) electrons. The Bertz CT molecular complexity index is 4030. The van der Waals surface area contributed by atoms with Gasteiger partial charge in [0.2, 0.25) is 0 Å². The fourth-order valence-electron chi connectivity index (χ4n) is 12.7. The van der Waals surface area contributed by atoms with Crippen LogP contribution in [0.25, 0.3) is 66.8 Å². The summed E-state index contributed by atoms with van der Waals surface area (Å²) in [6, 6.07) is 107. The van der Waals surface area contributed by atoms with E-state index in [-0.39, 0.29) is 0 Å². The molecule has 0 atom stereocenters. The maximum atomic E-state index is 2.50. The standard InChI is InChI=1S/C75H54N2/c1-51-48-62(76(59-40-36-56(37-41-59)53-20-6-3-7-21-53)60-42-38-57(39-43-60)54-22-8-4-9-23-54)44-46-64(51)65-47-45-63(49-52(65)2)77(61-27-18-26-58(50-61)55-24-10-5-11-25-55)73-35-19-34-72-74(73)68-30-14-17-33-71(68)75(72)69-31-15-12-28-66(69)67-29-13-16-32-70(67)75/h3-50H,1-2H3. The van der Waals surface area contributed by atoms with Gasteiger partial charge in [0.1, 0.15) is 0 Å². The quantitative estimate of drug-likeness (QED) is 0.135. The number of aryl methyl sites for hydroxylation is 2. The van der Waals surface area contributed by atoms with E-state index in [9.17, 15) is 0 Å². The van der Waals surface area contributed by atoms with Gasteiger partial charge in [-0.1, -0.05) is 224 Å². The van der Waals surface area contributed by atoms with Crippen molar-refractivity contribution in [1.29, 1.82) is 0 Å². The molecular weight excluding hydrogens is 929 g/mol. The van der Waals surface area contributed by atoms with Crippen LogP contribution in [0.1, 0.15) is 33.4 Å². The molecule has 0 heterocycles. The number of benzene rings is 12. The van der Waals surface area contributed by atoms with Gasteiger partial charge in [0.05, 0.1) is 11.1 Å². The lowest BCUT2D eigenvalue weighted by Gasteiger charge is -2.32. The summed E-state index contributed by atoms with van der Waals surface area (Å²) < 4.78 is 0. The molecule has 0 aliphatic heterocycles. The first-order valence-corrected chi connectivity index (χ1v) is 26.7. The molecule has 0 N–H and O–H groups in total. The zero-order chi connectivity index (χ0) is 51.5. The fourth-order valence-corrected chi connectivity index (χ4v) is 12.7. The van der Waals surface area contributed by atoms with Gasteiger partial charge in [-0.25, -0.2) is 0 Å². The lowest BCUT2D eigenvalue weighted by molar-refractivity contribution is 0.794. The normalized spacial score (nSPS) is 12.4. The Morgan fingerprint density at radius 2 is 0.597 bits per heavy atom. The van der Waals surface area contributed by atoms with Crippen LogP contribution in [0.2, 0.25) is 0 Å². The molecule has 1 spiro atoms. The largest absolute Gasteiger partial charge is 0.310 e. The van der Waals surface area contributed by atoms with Crippen molar-refractivity contribution >= 4 is 34.1 Å². The van der Waals surface area contributed by atoms with E-state index in [2.05, 4.69) is 315 Å². The van der Waals surface area contributed by atoms with Crippen LogP contribution in [0.5, 0.6) is 0 Å². The first kappa shape index (κ1) is 45.8. The van der Waals surface area contributed by atoms with E-state index in [4.69, 9.17) is 0 Å². The number of fused-ring (bicyclic) bond motifs is 10. The first-order valence-electron chi connectivity index (χ1n) is 26.7. The number of hydrogen-bond acceptors (Lipinski definition) is 2. The van der Waals surface area contributed by atoms with E-state index in [1.807, 2.05) is 0 Å². The van der Waals surface area contributed by atoms with Gasteiger partial charge in [-0.3, -0.25) is 0 Å². The SMILES string of the molecule is Cc1cc(N(c2ccc(-c3ccccc3)cc2)c2ccc(-c3ccccc3)cc2)ccc1-c1ccc(N(c2cccc(-c3ccccc3)c2)c2cccc3c2-c2ccccc2C32c3ccccc3-c3ccccc32)cc1C. The van der Waals surface area contributed by atoms with Crippen molar-refractivity contribution in [2.75, 3.05) is 9.80 Å². The highest BCUT2D eigenvalue weighted by Gasteiger charge is 2.52. The number of hydrogen-bond donors (Lipinski definition) is 0. The van der Waals surface area contributed by atoms with Crippen LogP contribution in [-0.2, 0) is 5.41 Å². The highest BCUT2D eigenvalue weighted by Crippen LogP contribution is 2.64. The zero-order valence-electron chi connectivity index (χ0n) is 43.1. The van der Waals surface area contributed by atoms with E-state index in [0.717, 1.165) is 34.1 Å². The van der Waals surface area contributed by atoms with Crippen LogP contribution in [0.4, 0.5) is 34.1 Å². The molecule has 0 saturated carbocycles. The predicted molar refractivity (Wildman–Crippen MR) is 323 cm³/mol. The third kappa shape index (κ3) is 7.63. The minimum absolute atomic E-state index is 0.455. The smallest absolute Gasteiger partial charge is 0.0726 e. The van der Waals surface area contributed by atoms with E-state index in [0.29, 0.717) is 0 Å². The van der Waals surface area contributed by atoms with Crippen LogP contribution in [0.3, 0.4) is 0 Å². The molecule has 2 nitrogen and oxygen atoms in total. The van der Waals surface area contributed by atoms with Gasteiger partial charge < -0.3 is 9.80 Å². The Balaban J connectivity index is 0.890. The molecule has 14 rings (SSSR count). The number of nitrogens with zero attached hydrogens (tertiary/aromatic N) is 2. The molecule has 12 aromatic rings. The summed E-state index contributed by atoms with van der Waals surface area (Å²) in [5.74, 6) is 0. The maximum Gasteiger partial charge on any atom is 0.0726 e. The van der Waals surface area contributed by atoms with Gasteiger partial charge in [0, 0.05) is 34.0 Å². The molecule has 77 heavy (non-hydrogen) atoms. The fraction of sp³-hybridized carbons (Fsp3) is 0.0400. The third-order valence-electron chi connectivity index (χ3n) is 16.1. The Labute approximate surface area is 452 Å². The van der Waals surface area contributed by atoms with Crippen LogP contribution in [0, 0.1) is 13.8 Å². The van der Waals surface area contributed by atoms with Crippen molar-refractivity contribution in [2.24, 2.45) is 0 Å². The summed E-state index contributed by atoms with van der Waals surface area (Å²) in [5.41, 5.74) is 28.7. The Morgan fingerprint density at radius 1 is 0.234 bits per heavy atom. The van der Waals surface area contributed by atoms with Crippen molar-refractivity contribution in [1.82, 2.24) is 0 Å². The maximum absolute atomic E-state index is 2.50. The molecule has 0 amide bonds. The molecule has 0 aromatic heterocycles. The van der Waals surface area contributed by atoms with E-state index in [1.54, 1.807) is 0 Å². The molecule has 0 saturated heterocycles. The minimum Gasteiger partial charge on any atom is -0.310 e. The summed E-state index contributed by atoms with van der Waals surface area (Å²) in [5, 5.41) is 0. The molecule has 0 fully saturated rings. The van der Waals surface area contributed by atoms with Gasteiger partial charge in [-0.05, 0) is 175 Å². The Kier molecular flexibility index (Phi) is 11.2. The Morgan fingerprint density at radius 3 is 1.10 bits per heavy atom. The second-order valence-electron chi connectivity index (χ2n) is 20.5. The summed E-state index contributed by atoms with van der Waals surface area (Å²) >= 11 is 0. The lowest BCUT2D eigenvalue weighted by Crippen LogP contribution is -2.26. The second-order valence-corrected chi connectivity index (χ2v) is 20.5. The number of anilines is 6. The molecular formula is C75H54N2. The van der Waals surface area contributed by atoms with Crippen molar-refractivity contribution in [2.45, 2.75) is 19.3 Å². The average Bonchev–Trinajstić information content (AvgIpc) is 4.11. The van der Waals surface area contributed by atoms with E-state index in [1.165, 1.54) is 100 Å². The second kappa shape index (κ2) is 18.9. The van der Waals surface area contributed by atoms with Crippen LogP contribution < -0.4 is 9.80 Å². The van der Waals surface area contributed by atoms with Crippen LogP contribution in [0.15, 0.2) is 291 Å². The molecule has 2 heteroatoms. The average molecular weight is 983 g/mol.